The van der Waals surface area contributed by atoms with Gasteiger partial charge in [0.05, 0.1) is 29.1 Å². The minimum atomic E-state index is -0.317. The van der Waals surface area contributed by atoms with E-state index in [1.165, 1.54) is 0 Å². The zero-order valence-corrected chi connectivity index (χ0v) is 17.3. The van der Waals surface area contributed by atoms with Crippen LogP contribution in [0, 0.1) is 0 Å². The molecule has 0 fully saturated rings. The third-order valence-electron chi connectivity index (χ3n) is 4.55. The van der Waals surface area contributed by atoms with Crippen LogP contribution < -0.4 is 10.2 Å². The summed E-state index contributed by atoms with van der Waals surface area (Å²) in [5, 5.41) is 4.83. The molecule has 154 valence electrons. The van der Waals surface area contributed by atoms with Gasteiger partial charge in [0.2, 0.25) is 0 Å². The molecular weight excluding hydrogens is 388 g/mol. The highest BCUT2D eigenvalue weighted by Gasteiger charge is 2.16. The first-order valence-corrected chi connectivity index (χ1v) is 10.0. The lowest BCUT2D eigenvalue weighted by atomic mass is 10.0. The number of hydrogen-bond acceptors (Lipinski definition) is 5. The van der Waals surface area contributed by atoms with Crippen LogP contribution in [0.25, 0.3) is 22.2 Å². The van der Waals surface area contributed by atoms with Gasteiger partial charge in [-0.2, -0.15) is 5.10 Å². The molecule has 0 saturated heterocycles. The first kappa shape index (κ1) is 20.2. The largest absolute Gasteiger partial charge is 0.490 e. The van der Waals surface area contributed by atoms with Crippen LogP contribution >= 0.6 is 0 Å². The molecule has 0 aliphatic rings. The molecule has 0 radical (unpaired) electrons. The van der Waals surface area contributed by atoms with Gasteiger partial charge in [-0.25, -0.2) is 10.4 Å². The van der Waals surface area contributed by atoms with E-state index in [9.17, 15) is 4.79 Å². The molecule has 1 amide bonds. The lowest BCUT2D eigenvalue weighted by Crippen LogP contribution is -2.18. The molecule has 0 unspecified atom stereocenters. The monoisotopic (exact) mass is 410 g/mol. The van der Waals surface area contributed by atoms with Crippen LogP contribution in [0.5, 0.6) is 5.75 Å². The number of para-hydroxylation sites is 2. The Morgan fingerprint density at radius 1 is 1.06 bits per heavy atom. The summed E-state index contributed by atoms with van der Waals surface area (Å²) in [5.74, 6) is 0.406. The van der Waals surface area contributed by atoms with Gasteiger partial charge in [0, 0.05) is 28.9 Å². The number of carbonyl (C=O) groups excluding carboxylic acids is 1. The molecule has 31 heavy (non-hydrogen) atoms. The summed E-state index contributed by atoms with van der Waals surface area (Å²) in [6.45, 7) is 3.95. The van der Waals surface area contributed by atoms with Gasteiger partial charge in [0.15, 0.2) is 0 Å². The van der Waals surface area contributed by atoms with Crippen molar-refractivity contribution in [3.05, 3.63) is 90.3 Å². The third kappa shape index (κ3) is 4.75. The molecule has 0 aliphatic carbocycles. The van der Waals surface area contributed by atoms with E-state index >= 15 is 0 Å². The molecule has 0 saturated carbocycles. The number of rotatable bonds is 6. The highest BCUT2D eigenvalue weighted by Crippen LogP contribution is 2.32. The molecule has 4 rings (SSSR count). The van der Waals surface area contributed by atoms with E-state index in [4.69, 9.17) is 9.72 Å². The van der Waals surface area contributed by atoms with Crippen LogP contribution in [0.1, 0.15) is 29.8 Å². The van der Waals surface area contributed by atoms with Crippen LogP contribution in [0.2, 0.25) is 0 Å². The fourth-order valence-corrected chi connectivity index (χ4v) is 3.21. The molecule has 0 atom stereocenters. The highest BCUT2D eigenvalue weighted by molar-refractivity contribution is 6.07. The fourth-order valence-electron chi connectivity index (χ4n) is 3.21. The second-order valence-electron chi connectivity index (χ2n) is 7.22. The van der Waals surface area contributed by atoms with Crippen LogP contribution in [0.3, 0.4) is 0 Å². The Morgan fingerprint density at radius 3 is 2.68 bits per heavy atom. The number of carbonyl (C=O) groups is 1. The molecule has 2 heterocycles. The number of aromatic nitrogens is 2. The maximum atomic E-state index is 13.0. The Bertz CT molecular complexity index is 1240. The van der Waals surface area contributed by atoms with Crippen LogP contribution in [0.15, 0.2) is 84.2 Å². The maximum absolute atomic E-state index is 13.0. The van der Waals surface area contributed by atoms with Gasteiger partial charge in [0.25, 0.3) is 5.91 Å². The zero-order valence-electron chi connectivity index (χ0n) is 17.3. The molecule has 6 nitrogen and oxygen atoms in total. The first-order chi connectivity index (χ1) is 15.1. The second kappa shape index (κ2) is 9.17. The minimum Gasteiger partial charge on any atom is -0.490 e. The first-order valence-electron chi connectivity index (χ1n) is 10.0. The standard InChI is InChI=1S/C25H22N4O2/c1-17(2)31-24-12-6-4-10-20(24)23-14-21(19-9-3-5-11-22(19)28-23)25(30)29-27-16-18-8-7-13-26-15-18/h3-17H,1-2H3,(H,29,30)/b27-16-. The Morgan fingerprint density at radius 2 is 1.87 bits per heavy atom. The lowest BCUT2D eigenvalue weighted by Gasteiger charge is -2.15. The molecule has 0 bridgehead atoms. The molecule has 0 aliphatic heterocycles. The van der Waals surface area contributed by atoms with Crippen molar-refractivity contribution in [3.8, 4) is 17.0 Å². The highest BCUT2D eigenvalue weighted by atomic mass is 16.5. The number of nitrogens with zero attached hydrogens (tertiary/aromatic N) is 3. The van der Waals surface area contributed by atoms with Crippen molar-refractivity contribution < 1.29 is 9.53 Å². The van der Waals surface area contributed by atoms with E-state index in [1.807, 2.05) is 74.5 Å². The Kier molecular flexibility index (Phi) is 5.98. The Labute approximate surface area is 180 Å². The molecule has 2 aromatic carbocycles. The van der Waals surface area contributed by atoms with Crippen molar-refractivity contribution in [3.63, 3.8) is 0 Å². The normalized spacial score (nSPS) is 11.2. The lowest BCUT2D eigenvalue weighted by molar-refractivity contribution is 0.0956. The van der Waals surface area contributed by atoms with E-state index < -0.39 is 0 Å². The van der Waals surface area contributed by atoms with Gasteiger partial charge >= 0.3 is 0 Å². The van der Waals surface area contributed by atoms with Gasteiger partial charge in [0.1, 0.15) is 5.75 Å². The summed E-state index contributed by atoms with van der Waals surface area (Å²) >= 11 is 0. The van der Waals surface area contributed by atoms with Crippen LogP contribution in [-0.2, 0) is 0 Å². The Balaban J connectivity index is 1.72. The molecule has 1 N–H and O–H groups in total. The summed E-state index contributed by atoms with van der Waals surface area (Å²) < 4.78 is 5.96. The molecule has 0 spiro atoms. The predicted octanol–water partition coefficient (Wildman–Crippen LogP) is 4.85. The minimum absolute atomic E-state index is 0.0196. The van der Waals surface area contributed by atoms with E-state index in [-0.39, 0.29) is 12.0 Å². The van der Waals surface area contributed by atoms with Crippen LogP contribution in [0.4, 0.5) is 0 Å². The summed E-state index contributed by atoms with van der Waals surface area (Å²) in [5.41, 5.74) is 6.11. The maximum Gasteiger partial charge on any atom is 0.272 e. The van der Waals surface area contributed by atoms with Gasteiger partial charge in [-0.3, -0.25) is 9.78 Å². The number of pyridine rings is 2. The fraction of sp³-hybridized carbons (Fsp3) is 0.120. The topological polar surface area (TPSA) is 76.5 Å². The second-order valence-corrected chi connectivity index (χ2v) is 7.22. The Hall–Kier alpha value is -4.06. The van der Waals surface area contributed by atoms with E-state index in [1.54, 1.807) is 24.7 Å². The van der Waals surface area contributed by atoms with Crippen molar-refractivity contribution >= 4 is 23.0 Å². The molecule has 2 aromatic heterocycles. The van der Waals surface area contributed by atoms with Crippen molar-refractivity contribution in [2.45, 2.75) is 20.0 Å². The number of ether oxygens (including phenoxy) is 1. The summed E-state index contributed by atoms with van der Waals surface area (Å²) in [4.78, 5) is 21.8. The SMILES string of the molecule is CC(C)Oc1ccccc1-c1cc(C(=O)N/N=C\c2cccnc2)c2ccccc2n1. The zero-order chi connectivity index (χ0) is 21.6. The quantitative estimate of drug-likeness (QED) is 0.364. The number of fused-ring (bicyclic) bond motifs is 1. The average molecular weight is 410 g/mol. The van der Waals surface area contributed by atoms with Gasteiger partial charge in [-0.15, -0.1) is 0 Å². The molecular formula is C25H22N4O2. The predicted molar refractivity (Wildman–Crippen MR) is 122 cm³/mol. The summed E-state index contributed by atoms with van der Waals surface area (Å²) in [6, 6.07) is 20.7. The number of benzene rings is 2. The van der Waals surface area contributed by atoms with Gasteiger partial charge in [-0.1, -0.05) is 36.4 Å². The number of amides is 1. The number of hydrogen-bond donors (Lipinski definition) is 1. The van der Waals surface area contributed by atoms with Crippen molar-refractivity contribution in [2.75, 3.05) is 0 Å². The van der Waals surface area contributed by atoms with Crippen molar-refractivity contribution in [1.82, 2.24) is 15.4 Å². The van der Waals surface area contributed by atoms with Gasteiger partial charge in [-0.05, 0) is 44.2 Å². The summed E-state index contributed by atoms with van der Waals surface area (Å²) in [6.07, 6.45) is 4.93. The van der Waals surface area contributed by atoms with E-state index in [0.717, 1.165) is 27.8 Å². The number of hydrazone groups is 1. The van der Waals surface area contributed by atoms with E-state index in [0.29, 0.717) is 11.3 Å². The summed E-state index contributed by atoms with van der Waals surface area (Å²) in [7, 11) is 0. The van der Waals surface area contributed by atoms with Gasteiger partial charge < -0.3 is 4.74 Å². The number of nitrogens with one attached hydrogen (secondary N) is 1. The third-order valence-corrected chi connectivity index (χ3v) is 4.55. The average Bonchev–Trinajstić information content (AvgIpc) is 2.79. The van der Waals surface area contributed by atoms with Crippen molar-refractivity contribution in [2.24, 2.45) is 5.10 Å². The molecule has 4 aromatic rings. The van der Waals surface area contributed by atoms with Crippen LogP contribution in [-0.4, -0.2) is 28.2 Å². The smallest absolute Gasteiger partial charge is 0.272 e. The van der Waals surface area contributed by atoms with E-state index in [2.05, 4.69) is 15.5 Å². The van der Waals surface area contributed by atoms with Crippen molar-refractivity contribution in [1.29, 1.82) is 0 Å². The molecule has 6 heteroatoms.